The van der Waals surface area contributed by atoms with Gasteiger partial charge in [-0.3, -0.25) is 4.79 Å². The first-order valence-electron chi connectivity index (χ1n) is 6.01. The van der Waals surface area contributed by atoms with Crippen LogP contribution in [-0.4, -0.2) is 24.5 Å². The molecule has 3 nitrogen and oxygen atoms in total. The van der Waals surface area contributed by atoms with Crippen molar-refractivity contribution in [3.8, 4) is 0 Å². The fraction of sp³-hybridized carbons (Fsp3) is 0.917. The van der Waals surface area contributed by atoms with Crippen LogP contribution in [0.4, 0.5) is 0 Å². The number of nitrogens with two attached hydrogens (primary N) is 1. The molecule has 0 spiro atoms. The zero-order valence-electron chi connectivity index (χ0n) is 9.87. The van der Waals surface area contributed by atoms with Crippen molar-refractivity contribution in [2.75, 3.05) is 6.54 Å². The van der Waals surface area contributed by atoms with Gasteiger partial charge < -0.3 is 10.5 Å². The Morgan fingerprint density at radius 3 is 2.73 bits per heavy atom. The van der Waals surface area contributed by atoms with E-state index in [1.165, 1.54) is 0 Å². The van der Waals surface area contributed by atoms with Crippen molar-refractivity contribution in [2.24, 2.45) is 11.7 Å². The summed E-state index contributed by atoms with van der Waals surface area (Å²) in [6.07, 6.45) is 4.54. The molecule has 1 rings (SSSR count). The van der Waals surface area contributed by atoms with E-state index in [9.17, 15) is 4.79 Å². The number of rotatable bonds is 6. The molecule has 2 unspecified atom stereocenters. The van der Waals surface area contributed by atoms with Gasteiger partial charge in [0.05, 0.1) is 6.10 Å². The number of ether oxygens (including phenoxy) is 1. The van der Waals surface area contributed by atoms with Crippen LogP contribution in [0.15, 0.2) is 0 Å². The minimum atomic E-state index is -0.161. The Bertz CT molecular complexity index is 204. The molecule has 0 saturated carbocycles. The van der Waals surface area contributed by atoms with Gasteiger partial charge in [-0.25, -0.2) is 0 Å². The molecule has 1 aliphatic rings. The molecule has 0 aliphatic carbocycles. The molecule has 1 saturated heterocycles. The Labute approximate surface area is 92.4 Å². The fourth-order valence-electron chi connectivity index (χ4n) is 1.96. The molecule has 2 atom stereocenters. The molecule has 1 fully saturated rings. The maximum absolute atomic E-state index is 11.7. The number of ketones is 1. The van der Waals surface area contributed by atoms with E-state index < -0.39 is 0 Å². The molecular weight excluding hydrogens is 190 g/mol. The molecule has 0 aromatic heterocycles. The van der Waals surface area contributed by atoms with Gasteiger partial charge in [0.2, 0.25) is 0 Å². The lowest BCUT2D eigenvalue weighted by Crippen LogP contribution is -2.25. The van der Waals surface area contributed by atoms with Gasteiger partial charge in [-0.2, -0.15) is 0 Å². The van der Waals surface area contributed by atoms with Crippen LogP contribution in [0, 0.1) is 5.92 Å². The second-order valence-electron chi connectivity index (χ2n) is 4.81. The first kappa shape index (κ1) is 12.7. The molecule has 88 valence electrons. The van der Waals surface area contributed by atoms with Crippen LogP contribution < -0.4 is 5.73 Å². The summed E-state index contributed by atoms with van der Waals surface area (Å²) in [6.45, 7) is 4.90. The van der Waals surface area contributed by atoms with Gasteiger partial charge in [0, 0.05) is 13.0 Å². The number of hydrogen-bond donors (Lipinski definition) is 1. The van der Waals surface area contributed by atoms with Gasteiger partial charge >= 0.3 is 0 Å². The molecule has 0 aromatic rings. The van der Waals surface area contributed by atoms with Gasteiger partial charge in [0.25, 0.3) is 0 Å². The minimum Gasteiger partial charge on any atom is -0.366 e. The highest BCUT2D eigenvalue weighted by molar-refractivity contribution is 5.83. The SMILES string of the molecule is CC(C)CCCC(=O)C1CCC(CN)O1. The van der Waals surface area contributed by atoms with Crippen molar-refractivity contribution in [3.63, 3.8) is 0 Å². The lowest BCUT2D eigenvalue weighted by molar-refractivity contribution is -0.129. The Balaban J connectivity index is 2.18. The summed E-state index contributed by atoms with van der Waals surface area (Å²) < 4.78 is 5.56. The predicted octanol–water partition coefficient (Wildman–Crippen LogP) is 1.89. The minimum absolute atomic E-state index is 0.115. The van der Waals surface area contributed by atoms with E-state index >= 15 is 0 Å². The monoisotopic (exact) mass is 213 g/mol. The van der Waals surface area contributed by atoms with Crippen LogP contribution in [0.5, 0.6) is 0 Å². The molecular formula is C12H23NO2. The zero-order valence-corrected chi connectivity index (χ0v) is 9.87. The Morgan fingerprint density at radius 2 is 2.20 bits per heavy atom. The predicted molar refractivity (Wildman–Crippen MR) is 60.6 cm³/mol. The standard InChI is InChI=1S/C12H23NO2/c1-9(2)4-3-5-11(14)12-7-6-10(8-13)15-12/h9-10,12H,3-8,13H2,1-2H3. The van der Waals surface area contributed by atoms with E-state index in [1.54, 1.807) is 0 Å². The van der Waals surface area contributed by atoms with Gasteiger partial charge in [0.1, 0.15) is 6.10 Å². The highest BCUT2D eigenvalue weighted by Crippen LogP contribution is 2.21. The van der Waals surface area contributed by atoms with Crippen molar-refractivity contribution in [1.82, 2.24) is 0 Å². The normalized spacial score (nSPS) is 26.1. The van der Waals surface area contributed by atoms with Crippen LogP contribution in [0.25, 0.3) is 0 Å². The summed E-state index contributed by atoms with van der Waals surface area (Å²) in [7, 11) is 0. The highest BCUT2D eigenvalue weighted by Gasteiger charge is 2.28. The molecule has 15 heavy (non-hydrogen) atoms. The highest BCUT2D eigenvalue weighted by atomic mass is 16.5. The summed E-state index contributed by atoms with van der Waals surface area (Å²) in [4.78, 5) is 11.7. The van der Waals surface area contributed by atoms with Crippen molar-refractivity contribution in [2.45, 2.75) is 58.2 Å². The molecule has 0 aromatic carbocycles. The van der Waals surface area contributed by atoms with Crippen LogP contribution >= 0.6 is 0 Å². The zero-order chi connectivity index (χ0) is 11.3. The molecule has 1 heterocycles. The van der Waals surface area contributed by atoms with Gasteiger partial charge in [0.15, 0.2) is 5.78 Å². The molecule has 0 bridgehead atoms. The number of hydrogen-bond acceptors (Lipinski definition) is 3. The second-order valence-corrected chi connectivity index (χ2v) is 4.81. The second kappa shape index (κ2) is 6.23. The lowest BCUT2D eigenvalue weighted by Gasteiger charge is -2.11. The van der Waals surface area contributed by atoms with E-state index in [1.807, 2.05) is 0 Å². The molecule has 2 N–H and O–H groups in total. The Morgan fingerprint density at radius 1 is 1.47 bits per heavy atom. The van der Waals surface area contributed by atoms with E-state index in [4.69, 9.17) is 10.5 Å². The van der Waals surface area contributed by atoms with Crippen molar-refractivity contribution < 1.29 is 9.53 Å². The Hall–Kier alpha value is -0.410. The summed E-state index contributed by atoms with van der Waals surface area (Å²) in [6, 6.07) is 0. The van der Waals surface area contributed by atoms with Crippen LogP contribution in [0.2, 0.25) is 0 Å². The van der Waals surface area contributed by atoms with E-state index in [2.05, 4.69) is 13.8 Å². The number of carbonyl (C=O) groups is 1. The largest absolute Gasteiger partial charge is 0.366 e. The first-order chi connectivity index (χ1) is 7.13. The smallest absolute Gasteiger partial charge is 0.161 e. The van der Waals surface area contributed by atoms with Gasteiger partial charge in [-0.15, -0.1) is 0 Å². The lowest BCUT2D eigenvalue weighted by atomic mass is 10.0. The van der Waals surface area contributed by atoms with Crippen molar-refractivity contribution >= 4 is 5.78 Å². The summed E-state index contributed by atoms with van der Waals surface area (Å²) in [5.74, 6) is 0.950. The average Bonchev–Trinajstić information content (AvgIpc) is 2.65. The number of Topliss-reactive ketones (excluding diaryl/α,β-unsaturated/α-hetero) is 1. The first-order valence-corrected chi connectivity index (χ1v) is 6.01. The Kier molecular flexibility index (Phi) is 5.26. The van der Waals surface area contributed by atoms with Gasteiger partial charge in [-0.05, 0) is 25.2 Å². The van der Waals surface area contributed by atoms with Crippen molar-refractivity contribution in [3.05, 3.63) is 0 Å². The van der Waals surface area contributed by atoms with Crippen LogP contribution in [-0.2, 0) is 9.53 Å². The topological polar surface area (TPSA) is 52.3 Å². The fourth-order valence-corrected chi connectivity index (χ4v) is 1.96. The van der Waals surface area contributed by atoms with E-state index in [0.29, 0.717) is 18.9 Å². The molecule has 3 heteroatoms. The average molecular weight is 213 g/mol. The maximum atomic E-state index is 11.7. The third-order valence-corrected chi connectivity index (χ3v) is 2.93. The number of carbonyl (C=O) groups excluding carboxylic acids is 1. The van der Waals surface area contributed by atoms with Gasteiger partial charge in [-0.1, -0.05) is 20.3 Å². The van der Waals surface area contributed by atoms with E-state index in [0.717, 1.165) is 25.7 Å². The van der Waals surface area contributed by atoms with Crippen LogP contribution in [0.1, 0.15) is 46.0 Å². The molecule has 0 amide bonds. The maximum Gasteiger partial charge on any atom is 0.161 e. The molecule has 0 radical (unpaired) electrons. The van der Waals surface area contributed by atoms with Crippen molar-refractivity contribution in [1.29, 1.82) is 0 Å². The third-order valence-electron chi connectivity index (χ3n) is 2.93. The van der Waals surface area contributed by atoms with Crippen LogP contribution in [0.3, 0.4) is 0 Å². The quantitative estimate of drug-likeness (QED) is 0.733. The summed E-state index contributed by atoms with van der Waals surface area (Å²) in [5.41, 5.74) is 5.50. The van der Waals surface area contributed by atoms with E-state index in [-0.39, 0.29) is 18.0 Å². The third kappa shape index (κ3) is 4.31. The summed E-state index contributed by atoms with van der Waals surface area (Å²) >= 11 is 0. The molecule has 1 aliphatic heterocycles. The summed E-state index contributed by atoms with van der Waals surface area (Å²) in [5, 5.41) is 0.